The van der Waals surface area contributed by atoms with Gasteiger partial charge in [0.05, 0.1) is 11.7 Å². The summed E-state index contributed by atoms with van der Waals surface area (Å²) < 4.78 is 20.4. The average Bonchev–Trinajstić information content (AvgIpc) is 2.52. The molecule has 5 heteroatoms. The van der Waals surface area contributed by atoms with Crippen molar-refractivity contribution in [1.29, 1.82) is 0 Å². The first-order chi connectivity index (χ1) is 6.29. The molecule has 2 aromatic heterocycles. The number of aromatic nitrogens is 3. The lowest BCUT2D eigenvalue weighted by Gasteiger charge is -1.98. The highest BCUT2D eigenvalue weighted by atomic mass is 32.1. The molecule has 0 atom stereocenters. The van der Waals surface area contributed by atoms with Crippen LogP contribution in [-0.4, -0.2) is 13.7 Å². The molecule has 0 fully saturated rings. The maximum absolute atomic E-state index is 13.0. The van der Waals surface area contributed by atoms with Crippen LogP contribution in [0.1, 0.15) is 5.69 Å². The molecule has 0 saturated carbocycles. The molecule has 0 aliphatic carbocycles. The van der Waals surface area contributed by atoms with Crippen molar-refractivity contribution in [2.75, 3.05) is 0 Å². The van der Waals surface area contributed by atoms with Gasteiger partial charge in [-0.15, -0.1) is 4.37 Å². The molecule has 2 rings (SSSR count). The topological polar surface area (TPSA) is 38.7 Å². The van der Waals surface area contributed by atoms with Crippen LogP contribution in [0.4, 0.5) is 4.39 Å². The van der Waals surface area contributed by atoms with Gasteiger partial charge in [0.1, 0.15) is 5.69 Å². The van der Waals surface area contributed by atoms with Gasteiger partial charge in [-0.25, -0.2) is 0 Å². The summed E-state index contributed by atoms with van der Waals surface area (Å²) in [6.45, 7) is 1.81. The van der Waals surface area contributed by atoms with E-state index in [9.17, 15) is 4.39 Å². The van der Waals surface area contributed by atoms with E-state index in [1.165, 1.54) is 0 Å². The van der Waals surface area contributed by atoms with Gasteiger partial charge in [0, 0.05) is 17.5 Å². The van der Waals surface area contributed by atoms with Crippen molar-refractivity contribution in [3.63, 3.8) is 0 Å². The molecule has 0 aromatic carbocycles. The number of rotatable bonds is 1. The Kier molecular flexibility index (Phi) is 2.02. The molecule has 0 N–H and O–H groups in total. The fourth-order valence-corrected chi connectivity index (χ4v) is 1.53. The first-order valence-corrected chi connectivity index (χ1v) is 4.42. The van der Waals surface area contributed by atoms with E-state index < -0.39 is 5.95 Å². The Hall–Kier alpha value is -1.36. The number of nitrogens with zero attached hydrogens (tertiary/aromatic N) is 3. The minimum atomic E-state index is -0.527. The summed E-state index contributed by atoms with van der Waals surface area (Å²) in [5.74, 6) is -0.527. The third-order valence-electron chi connectivity index (χ3n) is 1.71. The number of hydrogen-bond acceptors (Lipinski definition) is 4. The summed E-state index contributed by atoms with van der Waals surface area (Å²) >= 11 is 0.867. The Balaban J connectivity index is 2.59. The summed E-state index contributed by atoms with van der Waals surface area (Å²) in [5, 5.41) is 0. The molecule has 0 aliphatic rings. The highest BCUT2D eigenvalue weighted by Gasteiger charge is 2.11. The highest BCUT2D eigenvalue weighted by molar-refractivity contribution is 6.99. The van der Waals surface area contributed by atoms with Crippen LogP contribution in [0, 0.1) is 12.9 Å². The molecule has 0 saturated heterocycles. The SMILES string of the molecule is Cc1ncccc1-c1nsnc1F. The van der Waals surface area contributed by atoms with E-state index in [0.29, 0.717) is 5.56 Å². The molecule has 2 aromatic rings. The Morgan fingerprint density at radius 3 is 2.85 bits per heavy atom. The summed E-state index contributed by atoms with van der Waals surface area (Å²) in [6, 6.07) is 3.53. The maximum Gasteiger partial charge on any atom is 0.252 e. The van der Waals surface area contributed by atoms with E-state index in [1.807, 2.05) is 6.92 Å². The minimum Gasteiger partial charge on any atom is -0.261 e. The van der Waals surface area contributed by atoms with E-state index in [-0.39, 0.29) is 5.69 Å². The molecule has 0 amide bonds. The van der Waals surface area contributed by atoms with E-state index in [2.05, 4.69) is 13.7 Å². The Morgan fingerprint density at radius 1 is 1.38 bits per heavy atom. The van der Waals surface area contributed by atoms with E-state index in [4.69, 9.17) is 0 Å². The molecule has 2 heterocycles. The lowest BCUT2D eigenvalue weighted by molar-refractivity contribution is 0.599. The summed E-state index contributed by atoms with van der Waals surface area (Å²) in [6.07, 6.45) is 1.66. The molecule has 0 bridgehead atoms. The molecule has 66 valence electrons. The van der Waals surface area contributed by atoms with Crippen molar-refractivity contribution in [1.82, 2.24) is 13.7 Å². The average molecular weight is 195 g/mol. The van der Waals surface area contributed by atoms with Crippen molar-refractivity contribution in [3.05, 3.63) is 30.0 Å². The fourth-order valence-electron chi connectivity index (χ4n) is 1.07. The standard InChI is InChI=1S/C8H6FN3S/c1-5-6(3-2-4-10-5)7-8(9)12-13-11-7/h2-4H,1H3. The number of aryl methyl sites for hydroxylation is 1. The molecule has 0 aliphatic heterocycles. The number of halogens is 1. The molecule has 0 spiro atoms. The monoisotopic (exact) mass is 195 g/mol. The van der Waals surface area contributed by atoms with Crippen LogP contribution in [0.25, 0.3) is 11.3 Å². The summed E-state index contributed by atoms with van der Waals surface area (Å²) in [7, 11) is 0. The lowest BCUT2D eigenvalue weighted by atomic mass is 10.1. The van der Waals surface area contributed by atoms with Gasteiger partial charge < -0.3 is 0 Å². The zero-order chi connectivity index (χ0) is 9.26. The smallest absolute Gasteiger partial charge is 0.252 e. The van der Waals surface area contributed by atoms with E-state index >= 15 is 0 Å². The molecular weight excluding hydrogens is 189 g/mol. The first-order valence-electron chi connectivity index (χ1n) is 3.69. The van der Waals surface area contributed by atoms with Gasteiger partial charge in [-0.2, -0.15) is 8.76 Å². The van der Waals surface area contributed by atoms with Gasteiger partial charge in [0.15, 0.2) is 0 Å². The van der Waals surface area contributed by atoms with Gasteiger partial charge in [-0.1, -0.05) is 0 Å². The van der Waals surface area contributed by atoms with Crippen LogP contribution in [0.3, 0.4) is 0 Å². The van der Waals surface area contributed by atoms with E-state index in [0.717, 1.165) is 17.4 Å². The Bertz CT molecular complexity index is 427. The van der Waals surface area contributed by atoms with Gasteiger partial charge in [-0.05, 0) is 19.1 Å². The second-order valence-corrected chi connectivity index (χ2v) is 3.07. The largest absolute Gasteiger partial charge is 0.261 e. The fraction of sp³-hybridized carbons (Fsp3) is 0.125. The van der Waals surface area contributed by atoms with Crippen LogP contribution in [0.15, 0.2) is 18.3 Å². The van der Waals surface area contributed by atoms with Crippen LogP contribution in [0.5, 0.6) is 0 Å². The van der Waals surface area contributed by atoms with Gasteiger partial charge in [-0.3, -0.25) is 4.98 Å². The molecule has 3 nitrogen and oxygen atoms in total. The van der Waals surface area contributed by atoms with Crippen LogP contribution >= 0.6 is 11.7 Å². The lowest BCUT2D eigenvalue weighted by Crippen LogP contribution is -1.88. The molecule has 13 heavy (non-hydrogen) atoms. The van der Waals surface area contributed by atoms with Crippen LogP contribution < -0.4 is 0 Å². The van der Waals surface area contributed by atoms with Crippen molar-refractivity contribution >= 4 is 11.7 Å². The van der Waals surface area contributed by atoms with E-state index in [1.54, 1.807) is 18.3 Å². The minimum absolute atomic E-state index is 0.288. The number of hydrogen-bond donors (Lipinski definition) is 0. The molecule has 0 radical (unpaired) electrons. The Labute approximate surface area is 78.6 Å². The van der Waals surface area contributed by atoms with Gasteiger partial charge in [0.25, 0.3) is 5.95 Å². The molecule has 0 unspecified atom stereocenters. The van der Waals surface area contributed by atoms with Crippen LogP contribution in [0.2, 0.25) is 0 Å². The second-order valence-electron chi connectivity index (χ2n) is 2.54. The maximum atomic E-state index is 13.0. The quantitative estimate of drug-likeness (QED) is 0.699. The van der Waals surface area contributed by atoms with Crippen molar-refractivity contribution < 1.29 is 4.39 Å². The number of pyridine rings is 1. The van der Waals surface area contributed by atoms with Crippen molar-refractivity contribution in [2.24, 2.45) is 0 Å². The van der Waals surface area contributed by atoms with Gasteiger partial charge >= 0.3 is 0 Å². The zero-order valence-corrected chi connectivity index (χ0v) is 7.68. The predicted molar refractivity (Wildman–Crippen MR) is 47.8 cm³/mol. The normalized spacial score (nSPS) is 10.3. The summed E-state index contributed by atoms with van der Waals surface area (Å²) in [5.41, 5.74) is 1.75. The highest BCUT2D eigenvalue weighted by Crippen LogP contribution is 2.22. The van der Waals surface area contributed by atoms with Crippen molar-refractivity contribution in [3.8, 4) is 11.3 Å². The third-order valence-corrected chi connectivity index (χ3v) is 2.22. The first kappa shape index (κ1) is 8.25. The summed E-state index contributed by atoms with van der Waals surface area (Å²) in [4.78, 5) is 4.05. The molecular formula is C8H6FN3S. The van der Waals surface area contributed by atoms with Gasteiger partial charge in [0.2, 0.25) is 0 Å². The zero-order valence-electron chi connectivity index (χ0n) is 6.86. The Morgan fingerprint density at radius 2 is 2.23 bits per heavy atom. The van der Waals surface area contributed by atoms with Crippen molar-refractivity contribution in [2.45, 2.75) is 6.92 Å². The van der Waals surface area contributed by atoms with Crippen LogP contribution in [-0.2, 0) is 0 Å². The second kappa shape index (κ2) is 3.18. The third kappa shape index (κ3) is 1.42. The predicted octanol–water partition coefficient (Wildman–Crippen LogP) is 2.05.